The van der Waals surface area contributed by atoms with E-state index in [1.165, 1.54) is 12.8 Å². The average Bonchev–Trinajstić information content (AvgIpc) is 2.80. The summed E-state index contributed by atoms with van der Waals surface area (Å²) >= 11 is 0. The van der Waals surface area contributed by atoms with E-state index in [-0.39, 0.29) is 0 Å². The fourth-order valence-electron chi connectivity index (χ4n) is 2.17. The van der Waals surface area contributed by atoms with Gasteiger partial charge in [0.15, 0.2) is 0 Å². The first-order valence-corrected chi connectivity index (χ1v) is 6.13. The first-order valence-electron chi connectivity index (χ1n) is 6.13. The van der Waals surface area contributed by atoms with Crippen molar-refractivity contribution in [3.8, 4) is 0 Å². The highest BCUT2D eigenvalue weighted by Gasteiger charge is 2.21. The Labute approximate surface area is 96.3 Å². The van der Waals surface area contributed by atoms with Gasteiger partial charge in [0.1, 0.15) is 5.76 Å². The van der Waals surface area contributed by atoms with Crippen LogP contribution in [0.4, 0.5) is 0 Å². The summed E-state index contributed by atoms with van der Waals surface area (Å²) in [4.78, 5) is 0. The standard InChI is InChI=1S/C12H20N2O2/c1-2-3-11-8-10(5-7-15-11)13-9-12-4-6-14-16-12/h4,6,10-11,13H,2-3,5,7-9H2,1H3. The zero-order valence-electron chi connectivity index (χ0n) is 9.82. The summed E-state index contributed by atoms with van der Waals surface area (Å²) in [6.07, 6.45) is 6.68. The van der Waals surface area contributed by atoms with Gasteiger partial charge in [0.25, 0.3) is 0 Å². The van der Waals surface area contributed by atoms with Gasteiger partial charge in [-0.2, -0.15) is 0 Å². The number of hydrogen-bond acceptors (Lipinski definition) is 4. The second-order valence-corrected chi connectivity index (χ2v) is 4.36. The van der Waals surface area contributed by atoms with E-state index in [0.717, 1.165) is 31.8 Å². The van der Waals surface area contributed by atoms with Crippen molar-refractivity contribution in [3.63, 3.8) is 0 Å². The Balaban J connectivity index is 1.72. The molecule has 1 fully saturated rings. The van der Waals surface area contributed by atoms with Crippen LogP contribution in [-0.4, -0.2) is 23.9 Å². The fraction of sp³-hybridized carbons (Fsp3) is 0.750. The Kier molecular flexibility index (Phi) is 4.36. The SMILES string of the molecule is CCCC1CC(NCc2ccno2)CCO1. The van der Waals surface area contributed by atoms with Crippen molar-refractivity contribution in [2.75, 3.05) is 6.61 Å². The molecule has 1 aliphatic rings. The normalized spacial score (nSPS) is 25.8. The van der Waals surface area contributed by atoms with Crippen LogP contribution in [0.3, 0.4) is 0 Å². The van der Waals surface area contributed by atoms with Crippen molar-refractivity contribution >= 4 is 0 Å². The molecular weight excluding hydrogens is 204 g/mol. The maximum absolute atomic E-state index is 5.71. The van der Waals surface area contributed by atoms with E-state index in [1.54, 1.807) is 6.20 Å². The van der Waals surface area contributed by atoms with Crippen LogP contribution in [0.1, 0.15) is 38.4 Å². The Morgan fingerprint density at radius 2 is 2.50 bits per heavy atom. The summed E-state index contributed by atoms with van der Waals surface area (Å²) < 4.78 is 10.8. The molecule has 0 radical (unpaired) electrons. The summed E-state index contributed by atoms with van der Waals surface area (Å²) in [5, 5.41) is 7.19. The van der Waals surface area contributed by atoms with Gasteiger partial charge in [-0.1, -0.05) is 18.5 Å². The van der Waals surface area contributed by atoms with Gasteiger partial charge in [-0.15, -0.1) is 0 Å². The highest BCUT2D eigenvalue weighted by Crippen LogP contribution is 2.18. The van der Waals surface area contributed by atoms with Crippen molar-refractivity contribution in [2.24, 2.45) is 0 Å². The minimum atomic E-state index is 0.436. The molecule has 16 heavy (non-hydrogen) atoms. The molecule has 1 aliphatic heterocycles. The lowest BCUT2D eigenvalue weighted by molar-refractivity contribution is -0.00374. The highest BCUT2D eigenvalue weighted by atomic mass is 16.5. The van der Waals surface area contributed by atoms with Crippen LogP contribution >= 0.6 is 0 Å². The summed E-state index contributed by atoms with van der Waals surface area (Å²) in [5.41, 5.74) is 0. The second kappa shape index (κ2) is 6.01. The van der Waals surface area contributed by atoms with Crippen LogP contribution < -0.4 is 5.32 Å². The van der Waals surface area contributed by atoms with Crippen LogP contribution in [-0.2, 0) is 11.3 Å². The van der Waals surface area contributed by atoms with Gasteiger partial charge >= 0.3 is 0 Å². The quantitative estimate of drug-likeness (QED) is 0.832. The molecule has 0 aliphatic carbocycles. The largest absolute Gasteiger partial charge is 0.378 e. The summed E-state index contributed by atoms with van der Waals surface area (Å²) in [5.74, 6) is 0.901. The molecule has 0 bridgehead atoms. The number of nitrogens with zero attached hydrogens (tertiary/aromatic N) is 1. The molecule has 1 aromatic rings. The van der Waals surface area contributed by atoms with Gasteiger partial charge < -0.3 is 14.6 Å². The van der Waals surface area contributed by atoms with E-state index >= 15 is 0 Å². The van der Waals surface area contributed by atoms with E-state index in [4.69, 9.17) is 9.26 Å². The second-order valence-electron chi connectivity index (χ2n) is 4.36. The molecule has 2 heterocycles. The minimum Gasteiger partial charge on any atom is -0.378 e. The molecule has 4 nitrogen and oxygen atoms in total. The smallest absolute Gasteiger partial charge is 0.150 e. The third-order valence-electron chi connectivity index (χ3n) is 3.03. The van der Waals surface area contributed by atoms with E-state index in [9.17, 15) is 0 Å². The van der Waals surface area contributed by atoms with Crippen LogP contribution in [0, 0.1) is 0 Å². The van der Waals surface area contributed by atoms with E-state index in [1.807, 2.05) is 6.07 Å². The van der Waals surface area contributed by atoms with Crippen molar-refractivity contribution in [1.82, 2.24) is 10.5 Å². The van der Waals surface area contributed by atoms with Crippen LogP contribution in [0.25, 0.3) is 0 Å². The molecule has 4 heteroatoms. The zero-order chi connectivity index (χ0) is 11.2. The zero-order valence-corrected chi connectivity index (χ0v) is 9.82. The fourth-order valence-corrected chi connectivity index (χ4v) is 2.17. The lowest BCUT2D eigenvalue weighted by atomic mass is 10.00. The number of hydrogen-bond donors (Lipinski definition) is 1. The average molecular weight is 224 g/mol. The maximum Gasteiger partial charge on any atom is 0.150 e. The molecule has 1 saturated heterocycles. The van der Waals surface area contributed by atoms with Crippen molar-refractivity contribution in [2.45, 2.75) is 51.3 Å². The molecule has 0 aromatic carbocycles. The van der Waals surface area contributed by atoms with Gasteiger partial charge in [0, 0.05) is 18.7 Å². The van der Waals surface area contributed by atoms with Crippen molar-refractivity contribution in [3.05, 3.63) is 18.0 Å². The molecule has 90 valence electrons. The Bertz CT molecular complexity index is 285. The number of aromatic nitrogens is 1. The molecular formula is C12H20N2O2. The molecule has 2 unspecified atom stereocenters. The van der Waals surface area contributed by atoms with E-state index < -0.39 is 0 Å². The third kappa shape index (κ3) is 3.32. The van der Waals surface area contributed by atoms with Crippen LogP contribution in [0.5, 0.6) is 0 Å². The third-order valence-corrected chi connectivity index (χ3v) is 3.03. The minimum absolute atomic E-state index is 0.436. The van der Waals surface area contributed by atoms with Gasteiger partial charge in [0.2, 0.25) is 0 Å². The lowest BCUT2D eigenvalue weighted by Crippen LogP contribution is -2.38. The van der Waals surface area contributed by atoms with Gasteiger partial charge in [0.05, 0.1) is 18.8 Å². The Morgan fingerprint density at radius 1 is 1.56 bits per heavy atom. The number of rotatable bonds is 5. The molecule has 0 saturated carbocycles. The monoisotopic (exact) mass is 224 g/mol. The van der Waals surface area contributed by atoms with E-state index in [0.29, 0.717) is 12.1 Å². The molecule has 2 rings (SSSR count). The van der Waals surface area contributed by atoms with Crippen LogP contribution in [0.2, 0.25) is 0 Å². The molecule has 0 spiro atoms. The van der Waals surface area contributed by atoms with Crippen molar-refractivity contribution in [1.29, 1.82) is 0 Å². The predicted molar refractivity (Wildman–Crippen MR) is 61.0 cm³/mol. The molecule has 1 N–H and O–H groups in total. The molecule has 1 aromatic heterocycles. The highest BCUT2D eigenvalue weighted by molar-refractivity contribution is 4.93. The molecule has 0 amide bonds. The summed E-state index contributed by atoms with van der Waals surface area (Å²) in [6, 6.07) is 2.45. The van der Waals surface area contributed by atoms with Gasteiger partial charge in [-0.3, -0.25) is 0 Å². The first kappa shape index (κ1) is 11.6. The summed E-state index contributed by atoms with van der Waals surface area (Å²) in [7, 11) is 0. The predicted octanol–water partition coefficient (Wildman–Crippen LogP) is 2.11. The summed E-state index contributed by atoms with van der Waals surface area (Å²) in [6.45, 7) is 3.84. The van der Waals surface area contributed by atoms with Crippen LogP contribution in [0.15, 0.2) is 16.8 Å². The Morgan fingerprint density at radius 3 is 3.25 bits per heavy atom. The maximum atomic E-state index is 5.71. The number of ether oxygens (including phenoxy) is 1. The number of nitrogens with one attached hydrogen (secondary N) is 1. The lowest BCUT2D eigenvalue weighted by Gasteiger charge is -2.29. The topological polar surface area (TPSA) is 47.3 Å². The Hall–Kier alpha value is -0.870. The van der Waals surface area contributed by atoms with E-state index in [2.05, 4.69) is 17.4 Å². The van der Waals surface area contributed by atoms with Gasteiger partial charge in [-0.05, 0) is 19.3 Å². The van der Waals surface area contributed by atoms with Gasteiger partial charge in [-0.25, -0.2) is 0 Å². The first-order chi connectivity index (χ1) is 7.88. The van der Waals surface area contributed by atoms with Crippen molar-refractivity contribution < 1.29 is 9.26 Å². The molecule has 2 atom stereocenters.